The first kappa shape index (κ1) is 28.7. The molecule has 0 spiro atoms. The highest BCUT2D eigenvalue weighted by molar-refractivity contribution is 5.97. The zero-order valence-electron chi connectivity index (χ0n) is 23.3. The molecule has 1 aliphatic heterocycles. The fourth-order valence-corrected chi connectivity index (χ4v) is 4.63. The molecule has 1 aromatic heterocycles. The number of methoxy groups -OCH3 is 1. The van der Waals surface area contributed by atoms with Gasteiger partial charge in [0.05, 0.1) is 20.3 Å². The minimum atomic E-state index is -0.718. The van der Waals surface area contributed by atoms with Crippen LogP contribution in [0.25, 0.3) is 11.4 Å². The molecule has 10 heteroatoms. The lowest BCUT2D eigenvalue weighted by Gasteiger charge is -2.26. The van der Waals surface area contributed by atoms with Crippen molar-refractivity contribution in [2.45, 2.75) is 39.3 Å². The zero-order chi connectivity index (χ0) is 28.5. The summed E-state index contributed by atoms with van der Waals surface area (Å²) in [5, 5.41) is 5.79. The average molecular weight is 548 g/mol. The van der Waals surface area contributed by atoms with Gasteiger partial charge in [-0.2, -0.15) is 0 Å². The molecule has 2 aromatic carbocycles. The van der Waals surface area contributed by atoms with Crippen molar-refractivity contribution >= 4 is 17.7 Å². The second-order valence-electron chi connectivity index (χ2n) is 10.0. The van der Waals surface area contributed by atoms with Crippen molar-refractivity contribution in [2.24, 2.45) is 5.92 Å². The number of fused-ring (bicyclic) bond motifs is 4. The van der Waals surface area contributed by atoms with Gasteiger partial charge in [-0.05, 0) is 49.1 Å². The number of benzene rings is 2. The number of nitrogens with one attached hydrogen (secondary N) is 2. The van der Waals surface area contributed by atoms with Crippen LogP contribution in [0.5, 0.6) is 11.5 Å². The molecular formula is C30H37N5O5. The Kier molecular flexibility index (Phi) is 9.77. The molecule has 1 aliphatic rings. The summed E-state index contributed by atoms with van der Waals surface area (Å²) < 4.78 is 13.6. The predicted molar refractivity (Wildman–Crippen MR) is 151 cm³/mol. The van der Waals surface area contributed by atoms with E-state index in [9.17, 15) is 14.4 Å². The first-order valence-corrected chi connectivity index (χ1v) is 13.6. The maximum Gasteiger partial charge on any atom is 0.254 e. The summed E-state index contributed by atoms with van der Waals surface area (Å²) in [6, 6.07) is 13.8. The highest BCUT2D eigenvalue weighted by atomic mass is 16.5. The third-order valence-corrected chi connectivity index (χ3v) is 6.75. The Hall–Kier alpha value is -4.34. The van der Waals surface area contributed by atoms with Crippen LogP contribution in [-0.2, 0) is 16.1 Å². The van der Waals surface area contributed by atoms with E-state index >= 15 is 0 Å². The Balaban J connectivity index is 1.60. The quantitative estimate of drug-likeness (QED) is 0.521. The molecule has 0 aliphatic carbocycles. The molecule has 2 bridgehead atoms. The highest BCUT2D eigenvalue weighted by Crippen LogP contribution is 2.32. The molecule has 2 heterocycles. The van der Waals surface area contributed by atoms with Crippen LogP contribution in [0, 0.1) is 5.92 Å². The van der Waals surface area contributed by atoms with Gasteiger partial charge in [-0.1, -0.05) is 32.0 Å². The molecular weight excluding hydrogens is 510 g/mol. The Bertz CT molecular complexity index is 1310. The molecule has 40 heavy (non-hydrogen) atoms. The molecule has 0 radical (unpaired) electrons. The summed E-state index contributed by atoms with van der Waals surface area (Å²) in [4.78, 5) is 45.4. The van der Waals surface area contributed by atoms with Gasteiger partial charge < -0.3 is 29.6 Å². The third-order valence-electron chi connectivity index (χ3n) is 6.75. The number of aromatic nitrogens is 2. The van der Waals surface area contributed by atoms with Crippen LogP contribution in [-0.4, -0.2) is 71.6 Å². The number of hydrogen-bond donors (Lipinski definition) is 2. The van der Waals surface area contributed by atoms with E-state index in [1.54, 1.807) is 37.6 Å². The van der Waals surface area contributed by atoms with Crippen molar-refractivity contribution in [1.82, 2.24) is 25.1 Å². The van der Waals surface area contributed by atoms with E-state index < -0.39 is 11.9 Å². The van der Waals surface area contributed by atoms with Gasteiger partial charge in [0.1, 0.15) is 11.9 Å². The lowest BCUT2D eigenvalue weighted by atomic mass is 10.0. The first-order chi connectivity index (χ1) is 19.4. The average Bonchev–Trinajstić information content (AvgIpc) is 3.43. The zero-order valence-corrected chi connectivity index (χ0v) is 23.3. The number of aryl methyl sites for hydroxylation is 1. The Morgan fingerprint density at radius 1 is 1.10 bits per heavy atom. The van der Waals surface area contributed by atoms with Gasteiger partial charge in [0, 0.05) is 43.2 Å². The van der Waals surface area contributed by atoms with E-state index in [2.05, 4.69) is 15.6 Å². The largest absolute Gasteiger partial charge is 0.493 e. The number of carbonyl (C=O) groups is 3. The van der Waals surface area contributed by atoms with Gasteiger partial charge >= 0.3 is 0 Å². The standard InChI is InChI=1S/C30H37N5O5/c1-21(2)27-29(37)32-13-7-15-34-17-14-31-28(34)23-11-12-24(39-3)25(19-23)40-18-8-16-35(20-26(36)33-27)30(38)22-9-5-4-6-10-22/h4-6,9-12,14,17,19,21,27H,7-8,13,15-16,18,20H2,1-3H3,(H,32,37)(H,33,36)/t27-/m1/s1. The smallest absolute Gasteiger partial charge is 0.254 e. The van der Waals surface area contributed by atoms with E-state index in [4.69, 9.17) is 9.47 Å². The van der Waals surface area contributed by atoms with Crippen molar-refractivity contribution in [3.05, 3.63) is 66.5 Å². The Labute approximate surface area is 234 Å². The van der Waals surface area contributed by atoms with Crippen LogP contribution in [0.15, 0.2) is 60.9 Å². The van der Waals surface area contributed by atoms with Crippen LogP contribution in [0.1, 0.15) is 37.0 Å². The molecule has 0 fully saturated rings. The number of rotatable bonds is 3. The van der Waals surface area contributed by atoms with Crippen LogP contribution >= 0.6 is 0 Å². The topological polar surface area (TPSA) is 115 Å². The van der Waals surface area contributed by atoms with Gasteiger partial charge in [0.15, 0.2) is 11.5 Å². The first-order valence-electron chi connectivity index (χ1n) is 13.6. The van der Waals surface area contributed by atoms with E-state index in [1.807, 2.05) is 48.9 Å². The molecule has 3 amide bonds. The van der Waals surface area contributed by atoms with Crippen LogP contribution in [0.3, 0.4) is 0 Å². The van der Waals surface area contributed by atoms with Gasteiger partial charge in [-0.25, -0.2) is 4.98 Å². The SMILES string of the molecule is COc1ccc2cc1OCCCN(C(=O)c1ccccc1)CC(=O)N[C@H](C(C)C)C(=O)NCCCn1ccnc1-2. The maximum absolute atomic E-state index is 13.3. The number of nitrogens with zero attached hydrogens (tertiary/aromatic N) is 3. The number of imidazole rings is 1. The van der Waals surface area contributed by atoms with Crippen molar-refractivity contribution < 1.29 is 23.9 Å². The van der Waals surface area contributed by atoms with Gasteiger partial charge in [0.2, 0.25) is 11.8 Å². The monoisotopic (exact) mass is 547 g/mol. The number of hydrogen-bond acceptors (Lipinski definition) is 6. The summed E-state index contributed by atoms with van der Waals surface area (Å²) in [5.74, 6) is 0.897. The van der Waals surface area contributed by atoms with E-state index in [1.165, 1.54) is 4.90 Å². The molecule has 3 aromatic rings. The molecule has 10 nitrogen and oxygen atoms in total. The van der Waals surface area contributed by atoms with E-state index in [0.717, 1.165) is 11.4 Å². The fraction of sp³-hybridized carbons (Fsp3) is 0.400. The summed E-state index contributed by atoms with van der Waals surface area (Å²) in [7, 11) is 1.59. The van der Waals surface area contributed by atoms with Crippen molar-refractivity contribution in [3.63, 3.8) is 0 Å². The van der Waals surface area contributed by atoms with Crippen molar-refractivity contribution in [1.29, 1.82) is 0 Å². The molecule has 4 rings (SSSR count). The van der Waals surface area contributed by atoms with Crippen LogP contribution in [0.4, 0.5) is 0 Å². The summed E-state index contributed by atoms with van der Waals surface area (Å²) in [5.41, 5.74) is 1.36. The van der Waals surface area contributed by atoms with E-state index in [-0.39, 0.29) is 30.8 Å². The minimum absolute atomic E-state index is 0.133. The molecule has 0 saturated carbocycles. The molecule has 1 atom stereocenters. The molecule has 2 N–H and O–H groups in total. The Morgan fingerprint density at radius 2 is 1.90 bits per heavy atom. The second-order valence-corrected chi connectivity index (χ2v) is 10.0. The number of ether oxygens (including phenoxy) is 2. The number of carbonyl (C=O) groups excluding carboxylic acids is 3. The molecule has 212 valence electrons. The predicted octanol–water partition coefficient (Wildman–Crippen LogP) is 3.13. The second kappa shape index (κ2) is 13.6. The van der Waals surface area contributed by atoms with Gasteiger partial charge in [0.25, 0.3) is 5.91 Å². The van der Waals surface area contributed by atoms with E-state index in [0.29, 0.717) is 49.6 Å². The Morgan fingerprint density at radius 3 is 2.65 bits per heavy atom. The van der Waals surface area contributed by atoms with Crippen molar-refractivity contribution in [3.8, 4) is 22.9 Å². The maximum atomic E-state index is 13.3. The third kappa shape index (κ3) is 7.19. The number of amides is 3. The fourth-order valence-electron chi connectivity index (χ4n) is 4.63. The summed E-state index contributed by atoms with van der Waals surface area (Å²) >= 11 is 0. The van der Waals surface area contributed by atoms with Crippen LogP contribution < -0.4 is 20.1 Å². The summed E-state index contributed by atoms with van der Waals surface area (Å²) in [6.45, 7) is 5.24. The lowest BCUT2D eigenvalue weighted by Crippen LogP contribution is -2.52. The highest BCUT2D eigenvalue weighted by Gasteiger charge is 2.26. The minimum Gasteiger partial charge on any atom is -0.493 e. The molecule has 0 saturated heterocycles. The van der Waals surface area contributed by atoms with Crippen molar-refractivity contribution in [2.75, 3.05) is 33.4 Å². The lowest BCUT2D eigenvalue weighted by molar-refractivity contribution is -0.130. The molecule has 0 unspecified atom stereocenters. The van der Waals surface area contributed by atoms with Crippen LogP contribution in [0.2, 0.25) is 0 Å². The normalized spacial score (nSPS) is 17.4. The summed E-state index contributed by atoms with van der Waals surface area (Å²) in [6.07, 6.45) is 4.79. The van der Waals surface area contributed by atoms with Gasteiger partial charge in [-0.15, -0.1) is 0 Å². The van der Waals surface area contributed by atoms with Gasteiger partial charge in [-0.3, -0.25) is 14.4 Å².